The molecule has 3 fully saturated rings. The van der Waals surface area contributed by atoms with Crippen LogP contribution in [0.15, 0.2) is 0 Å². The predicted molar refractivity (Wildman–Crippen MR) is 76.0 cm³/mol. The molecular weight excluding hydrogens is 272 g/mol. The van der Waals surface area contributed by atoms with Gasteiger partial charge in [0.1, 0.15) is 0 Å². The Hall–Kier alpha value is -1.30. The van der Waals surface area contributed by atoms with Crippen LogP contribution in [-0.2, 0) is 9.53 Å². The van der Waals surface area contributed by atoms with Crippen LogP contribution in [0.3, 0.4) is 0 Å². The summed E-state index contributed by atoms with van der Waals surface area (Å²) in [5.41, 5.74) is -0.647. The average molecular weight is 296 g/mol. The second-order valence-corrected chi connectivity index (χ2v) is 6.59. The molecule has 2 bridgehead atoms. The number of amides is 2. The summed E-state index contributed by atoms with van der Waals surface area (Å²) in [4.78, 5) is 25.5. The van der Waals surface area contributed by atoms with E-state index in [0.717, 1.165) is 19.3 Å². The maximum Gasteiger partial charge on any atom is 0.317 e. The molecule has 2 amide bonds. The van der Waals surface area contributed by atoms with Crippen molar-refractivity contribution in [2.45, 2.75) is 63.7 Å². The summed E-state index contributed by atoms with van der Waals surface area (Å²) in [7, 11) is 0. The fourth-order valence-corrected chi connectivity index (χ4v) is 3.90. The lowest BCUT2D eigenvalue weighted by atomic mass is 9.76. The largest absolute Gasteiger partial charge is 0.481 e. The molecule has 21 heavy (non-hydrogen) atoms. The molecule has 0 radical (unpaired) electrons. The summed E-state index contributed by atoms with van der Waals surface area (Å²) >= 11 is 0. The normalized spacial score (nSPS) is 34.0. The summed E-state index contributed by atoms with van der Waals surface area (Å²) in [5, 5.41) is 12.4. The van der Waals surface area contributed by atoms with Gasteiger partial charge in [-0.3, -0.25) is 4.79 Å². The van der Waals surface area contributed by atoms with Crippen LogP contribution in [0.2, 0.25) is 0 Å². The lowest BCUT2D eigenvalue weighted by Gasteiger charge is -2.38. The van der Waals surface area contributed by atoms with Gasteiger partial charge in [0.2, 0.25) is 0 Å². The number of aliphatic carboxylic acids is 1. The zero-order valence-electron chi connectivity index (χ0n) is 12.5. The van der Waals surface area contributed by atoms with E-state index in [-0.39, 0.29) is 18.2 Å². The Balaban J connectivity index is 1.52. The van der Waals surface area contributed by atoms with Gasteiger partial charge in [0.05, 0.1) is 23.7 Å². The number of rotatable bonds is 3. The number of carboxylic acid groups (broad SMARTS) is 1. The topological polar surface area (TPSA) is 78.9 Å². The molecule has 2 N–H and O–H groups in total. The molecule has 3 atom stereocenters. The molecule has 0 aromatic carbocycles. The molecule has 3 rings (SSSR count). The summed E-state index contributed by atoms with van der Waals surface area (Å²) < 4.78 is 5.74. The van der Waals surface area contributed by atoms with Gasteiger partial charge in [-0.1, -0.05) is 6.92 Å². The van der Waals surface area contributed by atoms with Crippen molar-refractivity contribution in [1.82, 2.24) is 10.2 Å². The van der Waals surface area contributed by atoms with Gasteiger partial charge in [-0.15, -0.1) is 0 Å². The van der Waals surface area contributed by atoms with E-state index in [0.29, 0.717) is 38.5 Å². The van der Waals surface area contributed by atoms with Crippen molar-refractivity contribution in [3.8, 4) is 0 Å². The van der Waals surface area contributed by atoms with Gasteiger partial charge in [-0.2, -0.15) is 0 Å². The number of nitrogens with zero attached hydrogens (tertiary/aromatic N) is 1. The Labute approximate surface area is 124 Å². The predicted octanol–water partition coefficient (Wildman–Crippen LogP) is 1.59. The quantitative estimate of drug-likeness (QED) is 0.829. The lowest BCUT2D eigenvalue weighted by Crippen LogP contribution is -2.53. The minimum Gasteiger partial charge on any atom is -0.481 e. The number of fused-ring (bicyclic) bond motifs is 2. The zero-order chi connectivity index (χ0) is 15.0. The van der Waals surface area contributed by atoms with E-state index in [1.54, 1.807) is 4.90 Å². The number of carboxylic acids is 1. The van der Waals surface area contributed by atoms with Crippen LogP contribution in [0.1, 0.15) is 45.4 Å². The molecule has 3 unspecified atom stereocenters. The van der Waals surface area contributed by atoms with E-state index in [9.17, 15) is 14.7 Å². The van der Waals surface area contributed by atoms with E-state index < -0.39 is 11.4 Å². The number of ether oxygens (including phenoxy) is 1. The van der Waals surface area contributed by atoms with Crippen molar-refractivity contribution in [3.63, 3.8) is 0 Å². The number of nitrogens with one attached hydrogen (secondary N) is 1. The number of carbonyl (C=O) groups is 2. The van der Waals surface area contributed by atoms with Crippen molar-refractivity contribution < 1.29 is 19.4 Å². The van der Waals surface area contributed by atoms with E-state index in [2.05, 4.69) is 5.32 Å². The number of carbonyl (C=O) groups excluding carboxylic acids is 1. The maximum atomic E-state index is 12.3. The fraction of sp³-hybridized carbons (Fsp3) is 0.867. The zero-order valence-corrected chi connectivity index (χ0v) is 12.5. The van der Waals surface area contributed by atoms with Crippen molar-refractivity contribution in [2.24, 2.45) is 5.41 Å². The third kappa shape index (κ3) is 2.61. The molecule has 0 saturated carbocycles. The first-order valence-electron chi connectivity index (χ1n) is 7.98. The van der Waals surface area contributed by atoms with Crippen LogP contribution < -0.4 is 5.32 Å². The summed E-state index contributed by atoms with van der Waals surface area (Å²) in [6.45, 7) is 2.96. The van der Waals surface area contributed by atoms with Crippen LogP contribution in [-0.4, -0.2) is 53.3 Å². The molecule has 6 nitrogen and oxygen atoms in total. The maximum absolute atomic E-state index is 12.3. The Morgan fingerprint density at radius 3 is 2.52 bits per heavy atom. The van der Waals surface area contributed by atoms with Gasteiger partial charge in [-0.25, -0.2) is 4.79 Å². The van der Waals surface area contributed by atoms with Crippen molar-refractivity contribution in [2.75, 3.05) is 13.1 Å². The Morgan fingerprint density at radius 1 is 1.33 bits per heavy atom. The Bertz CT molecular complexity index is 431. The van der Waals surface area contributed by atoms with Crippen LogP contribution in [0.25, 0.3) is 0 Å². The molecule has 0 aromatic heterocycles. The summed E-state index contributed by atoms with van der Waals surface area (Å²) in [5.74, 6) is -0.730. The van der Waals surface area contributed by atoms with Gasteiger partial charge >= 0.3 is 12.0 Å². The number of urea groups is 1. The highest BCUT2D eigenvalue weighted by Gasteiger charge is 2.44. The second-order valence-electron chi connectivity index (χ2n) is 6.59. The van der Waals surface area contributed by atoms with Gasteiger partial charge in [0.25, 0.3) is 0 Å². The van der Waals surface area contributed by atoms with Crippen LogP contribution in [0, 0.1) is 5.41 Å². The molecule has 3 heterocycles. The molecule has 0 spiro atoms. The lowest BCUT2D eigenvalue weighted by molar-refractivity contribution is -0.151. The first kappa shape index (κ1) is 14.6. The molecule has 6 heteroatoms. The van der Waals surface area contributed by atoms with E-state index in [1.807, 2.05) is 6.92 Å². The SMILES string of the molecule is CCC1(C(=O)O)CCN(C(=O)NC2CC3CCC2O3)CC1. The monoisotopic (exact) mass is 296 g/mol. The van der Waals surface area contributed by atoms with Crippen LogP contribution in [0.4, 0.5) is 4.79 Å². The number of hydrogen-bond donors (Lipinski definition) is 2. The number of hydrogen-bond acceptors (Lipinski definition) is 3. The first-order chi connectivity index (χ1) is 10.0. The molecule has 118 valence electrons. The van der Waals surface area contributed by atoms with Crippen LogP contribution >= 0.6 is 0 Å². The molecular formula is C15H24N2O4. The highest BCUT2D eigenvalue weighted by atomic mass is 16.5. The fourth-order valence-electron chi connectivity index (χ4n) is 3.90. The minimum absolute atomic E-state index is 0.0637. The highest BCUT2D eigenvalue weighted by Crippen LogP contribution is 2.36. The molecule has 0 aliphatic carbocycles. The summed E-state index contributed by atoms with van der Waals surface area (Å²) in [6.07, 6.45) is 5.26. The van der Waals surface area contributed by atoms with Gasteiger partial charge < -0.3 is 20.1 Å². The molecule has 3 aliphatic heterocycles. The molecule has 0 aromatic rings. The van der Waals surface area contributed by atoms with E-state index in [1.165, 1.54) is 0 Å². The molecule has 3 saturated heterocycles. The number of piperidine rings is 1. The molecule has 3 aliphatic rings. The van der Waals surface area contributed by atoms with Crippen molar-refractivity contribution in [1.29, 1.82) is 0 Å². The minimum atomic E-state index is -0.730. The Kier molecular flexibility index (Phi) is 3.82. The Morgan fingerprint density at radius 2 is 2.05 bits per heavy atom. The van der Waals surface area contributed by atoms with E-state index >= 15 is 0 Å². The van der Waals surface area contributed by atoms with Gasteiger partial charge in [0, 0.05) is 13.1 Å². The average Bonchev–Trinajstić information content (AvgIpc) is 3.09. The first-order valence-corrected chi connectivity index (χ1v) is 7.98. The highest BCUT2D eigenvalue weighted by molar-refractivity contribution is 5.77. The standard InChI is InChI=1S/C15H24N2O4/c1-2-15(13(18)19)5-7-17(8-6-15)14(20)16-11-9-10-3-4-12(11)21-10/h10-12H,2-9H2,1H3,(H,16,20)(H,18,19). The smallest absolute Gasteiger partial charge is 0.317 e. The van der Waals surface area contributed by atoms with Crippen molar-refractivity contribution >= 4 is 12.0 Å². The summed E-state index contributed by atoms with van der Waals surface area (Å²) in [6, 6.07) is 0.0693. The van der Waals surface area contributed by atoms with E-state index in [4.69, 9.17) is 4.74 Å². The van der Waals surface area contributed by atoms with Crippen molar-refractivity contribution in [3.05, 3.63) is 0 Å². The van der Waals surface area contributed by atoms with Gasteiger partial charge in [-0.05, 0) is 38.5 Å². The second kappa shape index (κ2) is 5.48. The number of likely N-dealkylation sites (tertiary alicyclic amines) is 1. The van der Waals surface area contributed by atoms with Crippen LogP contribution in [0.5, 0.6) is 0 Å². The third-order valence-corrected chi connectivity index (χ3v) is 5.55. The third-order valence-electron chi connectivity index (χ3n) is 5.55. The van der Waals surface area contributed by atoms with Gasteiger partial charge in [0.15, 0.2) is 0 Å².